The Labute approximate surface area is 134 Å². The van der Waals surface area contributed by atoms with Gasteiger partial charge in [0.25, 0.3) is 0 Å². The third-order valence-electron chi connectivity index (χ3n) is 4.60. The first-order chi connectivity index (χ1) is 10.2. The van der Waals surface area contributed by atoms with Gasteiger partial charge in [-0.2, -0.15) is 0 Å². The SMILES string of the molecule is CC[C@@H](C(=O)NC1CC(C)(C)[NH2+]C(C)(C)C1)c1ccccc1. The van der Waals surface area contributed by atoms with Crippen molar-refractivity contribution < 1.29 is 10.1 Å². The van der Waals surface area contributed by atoms with Crippen LogP contribution < -0.4 is 10.6 Å². The molecule has 122 valence electrons. The van der Waals surface area contributed by atoms with Gasteiger partial charge in [-0.25, -0.2) is 0 Å². The van der Waals surface area contributed by atoms with Gasteiger partial charge in [-0.05, 0) is 39.7 Å². The quantitative estimate of drug-likeness (QED) is 0.882. The van der Waals surface area contributed by atoms with E-state index in [1.807, 2.05) is 18.2 Å². The van der Waals surface area contributed by atoms with E-state index >= 15 is 0 Å². The van der Waals surface area contributed by atoms with Crippen molar-refractivity contribution in [3.63, 3.8) is 0 Å². The maximum absolute atomic E-state index is 12.7. The van der Waals surface area contributed by atoms with E-state index in [4.69, 9.17) is 0 Å². The lowest BCUT2D eigenvalue weighted by Crippen LogP contribution is -3.06. The van der Waals surface area contributed by atoms with Crippen LogP contribution in [0.4, 0.5) is 0 Å². The van der Waals surface area contributed by atoms with Crippen LogP contribution in [-0.4, -0.2) is 23.0 Å². The highest BCUT2D eigenvalue weighted by Gasteiger charge is 2.42. The molecule has 1 heterocycles. The molecule has 1 aromatic rings. The molecule has 0 radical (unpaired) electrons. The molecule has 1 aliphatic rings. The number of rotatable bonds is 4. The van der Waals surface area contributed by atoms with E-state index in [-0.39, 0.29) is 28.9 Å². The number of benzene rings is 1. The van der Waals surface area contributed by atoms with Crippen LogP contribution in [0, 0.1) is 0 Å². The Bertz CT molecular complexity index is 491. The molecule has 1 atom stereocenters. The van der Waals surface area contributed by atoms with E-state index in [9.17, 15) is 4.79 Å². The highest BCUT2D eigenvalue weighted by molar-refractivity contribution is 5.83. The lowest BCUT2D eigenvalue weighted by molar-refractivity contribution is -0.787. The van der Waals surface area contributed by atoms with Crippen molar-refractivity contribution in [2.75, 3.05) is 0 Å². The van der Waals surface area contributed by atoms with Gasteiger partial charge in [0.05, 0.1) is 17.0 Å². The number of nitrogens with two attached hydrogens (primary N) is 1. The maximum Gasteiger partial charge on any atom is 0.227 e. The summed E-state index contributed by atoms with van der Waals surface area (Å²) in [5.74, 6) is 0.130. The largest absolute Gasteiger partial charge is 0.352 e. The molecular formula is C19H31N2O+. The molecule has 1 aliphatic heterocycles. The van der Waals surface area contributed by atoms with Gasteiger partial charge in [-0.15, -0.1) is 0 Å². The molecule has 22 heavy (non-hydrogen) atoms. The molecule has 1 saturated heterocycles. The smallest absolute Gasteiger partial charge is 0.227 e. The molecule has 0 aliphatic carbocycles. The second kappa shape index (κ2) is 6.41. The number of hydrogen-bond acceptors (Lipinski definition) is 1. The fraction of sp³-hybridized carbons (Fsp3) is 0.632. The normalized spacial score (nSPS) is 22.0. The lowest BCUT2D eigenvalue weighted by atomic mass is 9.79. The van der Waals surface area contributed by atoms with Gasteiger partial charge >= 0.3 is 0 Å². The van der Waals surface area contributed by atoms with Crippen molar-refractivity contribution in [1.82, 2.24) is 5.32 Å². The summed E-state index contributed by atoms with van der Waals surface area (Å²) in [4.78, 5) is 12.7. The monoisotopic (exact) mass is 303 g/mol. The average molecular weight is 303 g/mol. The molecule has 1 amide bonds. The second-order valence-corrected chi connectivity index (χ2v) is 8.11. The number of carbonyl (C=O) groups is 1. The lowest BCUT2D eigenvalue weighted by Gasteiger charge is -2.43. The fourth-order valence-electron chi connectivity index (χ4n) is 4.18. The number of piperidine rings is 1. The summed E-state index contributed by atoms with van der Waals surface area (Å²) in [5.41, 5.74) is 1.46. The number of quaternary nitrogens is 1. The summed E-state index contributed by atoms with van der Waals surface area (Å²) in [7, 11) is 0. The highest BCUT2D eigenvalue weighted by atomic mass is 16.1. The van der Waals surface area contributed by atoms with E-state index in [0.29, 0.717) is 0 Å². The molecule has 0 bridgehead atoms. The van der Waals surface area contributed by atoms with Gasteiger partial charge in [0.15, 0.2) is 0 Å². The van der Waals surface area contributed by atoms with Crippen molar-refractivity contribution in [3.8, 4) is 0 Å². The van der Waals surface area contributed by atoms with E-state index in [2.05, 4.69) is 57.4 Å². The third kappa shape index (κ3) is 4.33. The van der Waals surface area contributed by atoms with Gasteiger partial charge in [-0.3, -0.25) is 4.79 Å². The predicted octanol–water partition coefficient (Wildman–Crippen LogP) is 2.58. The van der Waals surface area contributed by atoms with Gasteiger partial charge in [0.1, 0.15) is 0 Å². The molecule has 3 N–H and O–H groups in total. The molecule has 0 aromatic heterocycles. The molecule has 0 spiro atoms. The Morgan fingerprint density at radius 2 is 1.73 bits per heavy atom. The van der Waals surface area contributed by atoms with Gasteiger partial charge < -0.3 is 10.6 Å². The Hall–Kier alpha value is -1.35. The van der Waals surface area contributed by atoms with E-state index in [1.54, 1.807) is 0 Å². The summed E-state index contributed by atoms with van der Waals surface area (Å²) in [6, 6.07) is 10.4. The van der Waals surface area contributed by atoms with Gasteiger partial charge in [-0.1, -0.05) is 37.3 Å². The first-order valence-electron chi connectivity index (χ1n) is 8.45. The Morgan fingerprint density at radius 1 is 1.18 bits per heavy atom. The standard InChI is InChI=1S/C19H30N2O/c1-6-16(14-10-8-7-9-11-14)17(22)20-15-12-18(2,3)21-19(4,5)13-15/h7-11,15-16,21H,6,12-13H2,1-5H3,(H,20,22)/p+1/t16-/m1/s1. The molecule has 0 unspecified atom stereocenters. The van der Waals surface area contributed by atoms with Crippen LogP contribution in [0.2, 0.25) is 0 Å². The molecule has 1 fully saturated rings. The van der Waals surface area contributed by atoms with Crippen molar-refractivity contribution in [3.05, 3.63) is 35.9 Å². The first kappa shape index (κ1) is 17.0. The summed E-state index contributed by atoms with van der Waals surface area (Å²) in [6.07, 6.45) is 2.88. The Kier molecular flexibility index (Phi) is 4.96. The van der Waals surface area contributed by atoms with E-state index < -0.39 is 0 Å². The van der Waals surface area contributed by atoms with Crippen LogP contribution in [0.3, 0.4) is 0 Å². The van der Waals surface area contributed by atoms with Crippen LogP contribution in [0.25, 0.3) is 0 Å². The number of amides is 1. The molecule has 1 aromatic carbocycles. The minimum Gasteiger partial charge on any atom is -0.352 e. The number of carbonyl (C=O) groups excluding carboxylic acids is 1. The summed E-state index contributed by atoms with van der Waals surface area (Å²) < 4.78 is 0. The molecule has 0 saturated carbocycles. The predicted molar refractivity (Wildman–Crippen MR) is 90.7 cm³/mol. The van der Waals surface area contributed by atoms with Crippen molar-refractivity contribution in [1.29, 1.82) is 0 Å². The number of nitrogens with one attached hydrogen (secondary N) is 1. The minimum atomic E-state index is -0.0432. The minimum absolute atomic E-state index is 0.0432. The van der Waals surface area contributed by atoms with Crippen LogP contribution >= 0.6 is 0 Å². The van der Waals surface area contributed by atoms with Crippen LogP contribution in [0.15, 0.2) is 30.3 Å². The topological polar surface area (TPSA) is 45.7 Å². The number of hydrogen-bond donors (Lipinski definition) is 2. The van der Waals surface area contributed by atoms with Crippen molar-refractivity contribution in [2.24, 2.45) is 0 Å². The van der Waals surface area contributed by atoms with E-state index in [0.717, 1.165) is 24.8 Å². The Morgan fingerprint density at radius 3 is 2.23 bits per heavy atom. The van der Waals surface area contributed by atoms with Crippen molar-refractivity contribution in [2.45, 2.75) is 76.9 Å². The van der Waals surface area contributed by atoms with Gasteiger partial charge in [0, 0.05) is 18.9 Å². The fourth-order valence-corrected chi connectivity index (χ4v) is 4.18. The van der Waals surface area contributed by atoms with Crippen LogP contribution in [0.1, 0.15) is 65.4 Å². The molecule has 3 nitrogen and oxygen atoms in total. The maximum atomic E-state index is 12.7. The third-order valence-corrected chi connectivity index (χ3v) is 4.60. The molecular weight excluding hydrogens is 272 g/mol. The summed E-state index contributed by atoms with van der Waals surface area (Å²) >= 11 is 0. The zero-order chi connectivity index (χ0) is 16.4. The zero-order valence-electron chi connectivity index (χ0n) is 14.6. The molecule has 2 rings (SSSR count). The van der Waals surface area contributed by atoms with Crippen LogP contribution in [-0.2, 0) is 4.79 Å². The first-order valence-corrected chi connectivity index (χ1v) is 8.45. The average Bonchev–Trinajstić information content (AvgIpc) is 2.36. The van der Waals surface area contributed by atoms with Gasteiger partial charge in [0.2, 0.25) is 5.91 Å². The van der Waals surface area contributed by atoms with Crippen LogP contribution in [0.5, 0.6) is 0 Å². The Balaban J connectivity index is 2.07. The summed E-state index contributed by atoms with van der Waals surface area (Å²) in [5, 5.41) is 5.76. The summed E-state index contributed by atoms with van der Waals surface area (Å²) in [6.45, 7) is 11.1. The second-order valence-electron chi connectivity index (χ2n) is 8.11. The zero-order valence-corrected chi connectivity index (χ0v) is 14.6. The highest BCUT2D eigenvalue weighted by Crippen LogP contribution is 2.24. The van der Waals surface area contributed by atoms with E-state index in [1.165, 1.54) is 0 Å². The molecule has 3 heteroatoms. The van der Waals surface area contributed by atoms with Crippen molar-refractivity contribution >= 4 is 5.91 Å².